The average molecular weight is 302 g/mol. The first-order valence-corrected chi connectivity index (χ1v) is 6.79. The highest BCUT2D eigenvalue weighted by atomic mass is 35.5. The number of nitrogens with zero attached hydrogens (tertiary/aromatic N) is 2. The molecule has 0 amide bonds. The van der Waals surface area contributed by atoms with Crippen LogP contribution in [0.3, 0.4) is 0 Å². The van der Waals surface area contributed by atoms with Gasteiger partial charge >= 0.3 is 0 Å². The fourth-order valence-corrected chi connectivity index (χ4v) is 2.67. The molecule has 0 bridgehead atoms. The van der Waals surface area contributed by atoms with Gasteiger partial charge in [0.25, 0.3) is 0 Å². The molecule has 0 aliphatic carbocycles. The molecule has 21 heavy (non-hydrogen) atoms. The molecule has 0 saturated carbocycles. The maximum atomic E-state index is 5.80. The summed E-state index contributed by atoms with van der Waals surface area (Å²) in [5.41, 5.74) is 2.18. The van der Waals surface area contributed by atoms with E-state index in [2.05, 4.69) is 33.1 Å². The number of benzene rings is 1. The van der Waals surface area contributed by atoms with Crippen LogP contribution >= 0.6 is 12.4 Å². The number of hydrogen-bond acceptors (Lipinski definition) is 3. The maximum absolute atomic E-state index is 5.80. The molecule has 1 aliphatic rings. The van der Waals surface area contributed by atoms with Crippen molar-refractivity contribution in [3.8, 4) is 11.5 Å². The van der Waals surface area contributed by atoms with Crippen LogP contribution in [0.2, 0.25) is 0 Å². The van der Waals surface area contributed by atoms with Gasteiger partial charge in [-0.2, -0.15) is 0 Å². The highest BCUT2D eigenvalue weighted by Gasteiger charge is 2.18. The molecule has 0 radical (unpaired) electrons. The summed E-state index contributed by atoms with van der Waals surface area (Å²) in [6.45, 7) is 3.67. The van der Waals surface area contributed by atoms with Crippen LogP contribution in [-0.2, 0) is 0 Å². The minimum atomic E-state index is 0. The van der Waals surface area contributed by atoms with Gasteiger partial charge < -0.3 is 9.73 Å². The van der Waals surface area contributed by atoms with Gasteiger partial charge in [0.1, 0.15) is 5.76 Å². The maximum Gasteiger partial charge on any atom is 0.203 e. The fraction of sp³-hybridized carbons (Fsp3) is 0.188. The van der Waals surface area contributed by atoms with Crippen molar-refractivity contribution in [1.29, 1.82) is 0 Å². The lowest BCUT2D eigenvalue weighted by Crippen LogP contribution is -2.26. The summed E-state index contributed by atoms with van der Waals surface area (Å²) >= 11 is 0. The molecule has 3 aromatic rings. The van der Waals surface area contributed by atoms with E-state index >= 15 is 0 Å². The van der Waals surface area contributed by atoms with Crippen LogP contribution in [0.25, 0.3) is 22.4 Å². The van der Waals surface area contributed by atoms with Crippen molar-refractivity contribution in [3.63, 3.8) is 0 Å². The van der Waals surface area contributed by atoms with Gasteiger partial charge in [-0.05, 0) is 31.2 Å². The fourth-order valence-electron chi connectivity index (χ4n) is 2.67. The van der Waals surface area contributed by atoms with Gasteiger partial charge in [0.2, 0.25) is 5.96 Å². The Hall–Kier alpha value is -2.20. The van der Waals surface area contributed by atoms with Crippen LogP contribution in [0.15, 0.2) is 51.9 Å². The van der Waals surface area contributed by atoms with Crippen molar-refractivity contribution in [1.82, 2.24) is 9.88 Å². The molecule has 1 aliphatic heterocycles. The zero-order valence-electron chi connectivity index (χ0n) is 11.7. The SMILES string of the molecule is Cc1ccc(-c2cc3ccccc3n2C2=NCCN2)o1.Cl. The number of aryl methyl sites for hydroxylation is 1. The van der Waals surface area contributed by atoms with Crippen LogP contribution in [0.4, 0.5) is 0 Å². The lowest BCUT2D eigenvalue weighted by molar-refractivity contribution is 0.546. The lowest BCUT2D eigenvalue weighted by atomic mass is 10.2. The first-order valence-electron chi connectivity index (χ1n) is 6.79. The van der Waals surface area contributed by atoms with E-state index in [1.54, 1.807) is 0 Å². The molecular weight excluding hydrogens is 286 g/mol. The third-order valence-corrected chi connectivity index (χ3v) is 3.57. The summed E-state index contributed by atoms with van der Waals surface area (Å²) in [7, 11) is 0. The van der Waals surface area contributed by atoms with Crippen LogP contribution in [0.5, 0.6) is 0 Å². The van der Waals surface area contributed by atoms with Crippen molar-refractivity contribution < 1.29 is 4.42 Å². The molecule has 4 nitrogen and oxygen atoms in total. The second-order valence-corrected chi connectivity index (χ2v) is 4.97. The standard InChI is InChI=1S/C16H15N3O.ClH/c1-11-6-7-15(20-11)14-10-12-4-2-3-5-13(12)19(14)16-17-8-9-18-16;/h2-7,10H,8-9H2,1H3,(H,17,18);1H. The molecule has 0 atom stereocenters. The highest BCUT2D eigenvalue weighted by molar-refractivity contribution is 5.99. The number of para-hydroxylation sites is 1. The second kappa shape index (κ2) is 5.30. The summed E-state index contributed by atoms with van der Waals surface area (Å²) in [6.07, 6.45) is 0. The quantitative estimate of drug-likeness (QED) is 0.748. The lowest BCUT2D eigenvalue weighted by Gasteiger charge is -2.09. The van der Waals surface area contributed by atoms with Crippen molar-refractivity contribution >= 4 is 29.3 Å². The molecule has 2 aromatic heterocycles. The molecule has 3 heterocycles. The minimum absolute atomic E-state index is 0. The van der Waals surface area contributed by atoms with Gasteiger partial charge in [-0.1, -0.05) is 18.2 Å². The smallest absolute Gasteiger partial charge is 0.203 e. The Kier molecular flexibility index (Phi) is 3.47. The summed E-state index contributed by atoms with van der Waals surface area (Å²) in [4.78, 5) is 4.55. The van der Waals surface area contributed by atoms with Crippen molar-refractivity contribution in [3.05, 3.63) is 48.2 Å². The van der Waals surface area contributed by atoms with Gasteiger partial charge in [0.05, 0.1) is 17.8 Å². The average Bonchev–Trinajstić information content (AvgIpc) is 3.15. The first kappa shape index (κ1) is 13.8. The predicted octanol–water partition coefficient (Wildman–Crippen LogP) is 3.44. The predicted molar refractivity (Wildman–Crippen MR) is 87.3 cm³/mol. The number of aromatic nitrogens is 1. The summed E-state index contributed by atoms with van der Waals surface area (Å²) in [6, 6.07) is 14.5. The van der Waals surface area contributed by atoms with Gasteiger partial charge in [0, 0.05) is 11.9 Å². The van der Waals surface area contributed by atoms with Crippen molar-refractivity contribution in [2.75, 3.05) is 13.1 Å². The molecule has 0 saturated heterocycles. The normalized spacial score (nSPS) is 13.9. The van der Waals surface area contributed by atoms with Gasteiger partial charge in [0.15, 0.2) is 5.76 Å². The van der Waals surface area contributed by atoms with Gasteiger partial charge in [-0.15, -0.1) is 12.4 Å². The largest absolute Gasteiger partial charge is 0.460 e. The van der Waals surface area contributed by atoms with Crippen molar-refractivity contribution in [2.24, 2.45) is 4.99 Å². The Bertz CT molecular complexity index is 816. The van der Waals surface area contributed by atoms with Crippen LogP contribution < -0.4 is 5.32 Å². The number of halogens is 1. The van der Waals surface area contributed by atoms with Crippen LogP contribution in [0.1, 0.15) is 5.76 Å². The number of fused-ring (bicyclic) bond motifs is 1. The first-order chi connectivity index (χ1) is 9.83. The Morgan fingerprint density at radius 2 is 2.05 bits per heavy atom. The van der Waals surface area contributed by atoms with Gasteiger partial charge in [-0.25, -0.2) is 0 Å². The third-order valence-electron chi connectivity index (χ3n) is 3.57. The Morgan fingerprint density at radius 1 is 1.19 bits per heavy atom. The minimum Gasteiger partial charge on any atom is -0.460 e. The zero-order valence-corrected chi connectivity index (χ0v) is 12.5. The molecule has 0 spiro atoms. The molecule has 0 fully saturated rings. The van der Waals surface area contributed by atoms with E-state index in [9.17, 15) is 0 Å². The van der Waals surface area contributed by atoms with Crippen LogP contribution in [0, 0.1) is 6.92 Å². The summed E-state index contributed by atoms with van der Waals surface area (Å²) < 4.78 is 7.94. The molecule has 1 N–H and O–H groups in total. The van der Waals surface area contributed by atoms with E-state index in [0.29, 0.717) is 0 Å². The summed E-state index contributed by atoms with van der Waals surface area (Å²) in [5, 5.41) is 4.53. The molecule has 0 unspecified atom stereocenters. The van der Waals surface area contributed by atoms with E-state index in [4.69, 9.17) is 4.42 Å². The molecule has 108 valence electrons. The second-order valence-electron chi connectivity index (χ2n) is 4.97. The molecule has 1 aromatic carbocycles. The summed E-state index contributed by atoms with van der Waals surface area (Å²) in [5.74, 6) is 2.68. The van der Waals surface area contributed by atoms with E-state index in [0.717, 1.165) is 41.8 Å². The van der Waals surface area contributed by atoms with Crippen molar-refractivity contribution in [2.45, 2.75) is 6.92 Å². The zero-order chi connectivity index (χ0) is 13.5. The molecular formula is C16H16ClN3O. The number of furan rings is 1. The van der Waals surface area contributed by atoms with Gasteiger partial charge in [-0.3, -0.25) is 9.56 Å². The number of rotatable bonds is 1. The van der Waals surface area contributed by atoms with E-state index in [1.165, 1.54) is 5.39 Å². The number of aliphatic imine (C=N–C) groups is 1. The Morgan fingerprint density at radius 3 is 2.76 bits per heavy atom. The van der Waals surface area contributed by atoms with Crippen LogP contribution in [-0.4, -0.2) is 23.6 Å². The Balaban J connectivity index is 0.00000132. The number of hydrogen-bond donors (Lipinski definition) is 1. The Labute approximate surface area is 128 Å². The molecule has 5 heteroatoms. The molecule has 4 rings (SSSR count). The highest BCUT2D eigenvalue weighted by Crippen LogP contribution is 2.29. The number of nitrogens with one attached hydrogen (secondary N) is 1. The monoisotopic (exact) mass is 301 g/mol. The third kappa shape index (κ3) is 2.21. The van der Waals surface area contributed by atoms with E-state index < -0.39 is 0 Å². The van der Waals surface area contributed by atoms with E-state index in [-0.39, 0.29) is 12.4 Å². The van der Waals surface area contributed by atoms with E-state index in [1.807, 2.05) is 31.2 Å². The topological polar surface area (TPSA) is 42.5 Å².